The average Bonchev–Trinajstić information content (AvgIpc) is 2.47. The Morgan fingerprint density at radius 1 is 1.57 bits per heavy atom. The van der Waals surface area contributed by atoms with Crippen molar-refractivity contribution in [3.05, 3.63) is 18.2 Å². The third-order valence-electron chi connectivity index (χ3n) is 3.48. The molecule has 1 aromatic rings. The lowest BCUT2D eigenvalue weighted by Gasteiger charge is -2.30. The molecule has 116 valence electrons. The predicted octanol–water partition coefficient (Wildman–Crippen LogP) is 2.04. The van der Waals surface area contributed by atoms with E-state index in [2.05, 4.69) is 17.1 Å². The fraction of sp³-hybridized carbons (Fsp3) is 0.533. The molecule has 0 saturated carbocycles. The van der Waals surface area contributed by atoms with Crippen LogP contribution in [0.5, 0.6) is 5.75 Å². The van der Waals surface area contributed by atoms with Crippen LogP contribution in [0.15, 0.2) is 18.2 Å². The largest absolute Gasteiger partial charge is 0.494 e. The van der Waals surface area contributed by atoms with Gasteiger partial charge in [0.15, 0.2) is 0 Å². The molecule has 21 heavy (non-hydrogen) atoms. The van der Waals surface area contributed by atoms with E-state index in [-0.39, 0.29) is 5.91 Å². The topological polar surface area (TPSA) is 67.6 Å². The van der Waals surface area contributed by atoms with Gasteiger partial charge in [-0.2, -0.15) is 11.8 Å². The minimum absolute atomic E-state index is 0.00366. The number of hydrogen-bond donors (Lipinski definition) is 2. The molecule has 1 unspecified atom stereocenters. The summed E-state index contributed by atoms with van der Waals surface area (Å²) < 4.78 is 5.23. The summed E-state index contributed by atoms with van der Waals surface area (Å²) in [5.74, 6) is 1.74. The summed E-state index contributed by atoms with van der Waals surface area (Å²) in [6.45, 7) is 5.15. The fourth-order valence-electron chi connectivity index (χ4n) is 2.38. The number of nitrogens with zero attached hydrogens (tertiary/aromatic N) is 1. The lowest BCUT2D eigenvalue weighted by molar-refractivity contribution is -0.116. The Kier molecular flexibility index (Phi) is 5.76. The monoisotopic (exact) mass is 309 g/mol. The highest BCUT2D eigenvalue weighted by Crippen LogP contribution is 2.26. The molecular weight excluding hydrogens is 286 g/mol. The molecule has 0 bridgehead atoms. The Hall–Kier alpha value is -1.40. The van der Waals surface area contributed by atoms with E-state index < -0.39 is 0 Å². The van der Waals surface area contributed by atoms with Crippen molar-refractivity contribution in [2.45, 2.75) is 18.6 Å². The van der Waals surface area contributed by atoms with E-state index in [1.165, 1.54) is 0 Å². The van der Waals surface area contributed by atoms with E-state index in [0.29, 0.717) is 28.8 Å². The van der Waals surface area contributed by atoms with Gasteiger partial charge in [-0.15, -0.1) is 0 Å². The molecule has 2 rings (SSSR count). The fourth-order valence-corrected chi connectivity index (χ4v) is 3.46. The van der Waals surface area contributed by atoms with E-state index in [9.17, 15) is 4.79 Å². The first-order valence-electron chi connectivity index (χ1n) is 7.16. The highest BCUT2D eigenvalue weighted by molar-refractivity contribution is 7.99. The third kappa shape index (κ3) is 4.82. The zero-order chi connectivity index (χ0) is 15.2. The van der Waals surface area contributed by atoms with Gasteiger partial charge >= 0.3 is 0 Å². The van der Waals surface area contributed by atoms with Gasteiger partial charge in [-0.25, -0.2) is 0 Å². The van der Waals surface area contributed by atoms with Crippen LogP contribution in [0, 0.1) is 0 Å². The third-order valence-corrected chi connectivity index (χ3v) is 4.62. The number of amides is 1. The second kappa shape index (κ2) is 7.56. The van der Waals surface area contributed by atoms with Crippen LogP contribution >= 0.6 is 11.8 Å². The van der Waals surface area contributed by atoms with E-state index in [4.69, 9.17) is 10.5 Å². The maximum atomic E-state index is 12.1. The van der Waals surface area contributed by atoms with Crippen molar-refractivity contribution < 1.29 is 9.53 Å². The maximum absolute atomic E-state index is 12.1. The van der Waals surface area contributed by atoms with Crippen molar-refractivity contribution in [3.8, 4) is 5.75 Å². The molecule has 1 aliphatic heterocycles. The molecule has 0 aliphatic carbocycles. The number of methoxy groups -OCH3 is 1. The molecule has 0 radical (unpaired) electrons. The molecule has 3 N–H and O–H groups in total. The molecule has 1 saturated heterocycles. The molecule has 0 spiro atoms. The van der Waals surface area contributed by atoms with E-state index in [1.807, 2.05) is 11.8 Å². The van der Waals surface area contributed by atoms with E-state index in [1.54, 1.807) is 25.3 Å². The second-order valence-corrected chi connectivity index (χ2v) is 6.79. The first-order valence-corrected chi connectivity index (χ1v) is 8.20. The molecule has 1 heterocycles. The Balaban J connectivity index is 1.84. The molecule has 1 amide bonds. The summed E-state index contributed by atoms with van der Waals surface area (Å²) in [4.78, 5) is 14.4. The molecule has 5 nitrogen and oxygen atoms in total. The summed E-state index contributed by atoms with van der Waals surface area (Å²) in [7, 11) is 1.57. The summed E-state index contributed by atoms with van der Waals surface area (Å²) >= 11 is 1.99. The molecule has 6 heteroatoms. The number of carbonyl (C=O) groups is 1. The zero-order valence-electron chi connectivity index (χ0n) is 12.6. The molecule has 1 aromatic carbocycles. The number of nitrogens with two attached hydrogens (primary N) is 1. The van der Waals surface area contributed by atoms with E-state index in [0.717, 1.165) is 25.4 Å². The van der Waals surface area contributed by atoms with Crippen molar-refractivity contribution >= 4 is 29.0 Å². The molecule has 0 aromatic heterocycles. The summed E-state index contributed by atoms with van der Waals surface area (Å²) in [5.41, 5.74) is 6.98. The predicted molar refractivity (Wildman–Crippen MR) is 89.0 cm³/mol. The minimum atomic E-state index is 0.00366. The van der Waals surface area contributed by atoms with Gasteiger partial charge in [0, 0.05) is 48.8 Å². The molecule has 1 aliphatic rings. The van der Waals surface area contributed by atoms with Crippen LogP contribution < -0.4 is 15.8 Å². The summed E-state index contributed by atoms with van der Waals surface area (Å²) in [5, 5.41) is 3.54. The average molecular weight is 309 g/mol. The Morgan fingerprint density at radius 2 is 2.38 bits per heavy atom. The molecule has 1 fully saturated rings. The van der Waals surface area contributed by atoms with Crippen molar-refractivity contribution in [1.29, 1.82) is 0 Å². The van der Waals surface area contributed by atoms with E-state index >= 15 is 0 Å². The number of nitrogen functional groups attached to an aromatic ring is 1. The van der Waals surface area contributed by atoms with Gasteiger partial charge in [-0.3, -0.25) is 4.79 Å². The number of rotatable bonds is 5. The van der Waals surface area contributed by atoms with Crippen LogP contribution in [0.4, 0.5) is 11.4 Å². The van der Waals surface area contributed by atoms with Crippen LogP contribution in [-0.2, 0) is 4.79 Å². The molecule has 1 atom stereocenters. The number of carbonyl (C=O) groups excluding carboxylic acids is 1. The lowest BCUT2D eigenvalue weighted by atomic mass is 10.2. The zero-order valence-corrected chi connectivity index (χ0v) is 13.4. The highest BCUT2D eigenvalue weighted by atomic mass is 32.2. The van der Waals surface area contributed by atoms with Crippen molar-refractivity contribution in [1.82, 2.24) is 4.90 Å². The standard InChI is InChI=1S/C15H23N3O2S/c1-11-10-18(7-8-21-11)6-5-15(19)17-13-4-3-12(16)9-14(13)20-2/h3-4,9,11H,5-8,10,16H2,1-2H3,(H,17,19). The number of thioether (sulfide) groups is 1. The minimum Gasteiger partial charge on any atom is -0.494 e. The van der Waals surface area contributed by atoms with Gasteiger partial charge in [-0.1, -0.05) is 6.92 Å². The lowest BCUT2D eigenvalue weighted by Crippen LogP contribution is -2.38. The van der Waals surface area contributed by atoms with Gasteiger partial charge in [0.05, 0.1) is 12.8 Å². The number of nitrogens with one attached hydrogen (secondary N) is 1. The summed E-state index contributed by atoms with van der Waals surface area (Å²) in [6.07, 6.45) is 0.491. The Bertz CT molecular complexity index is 496. The van der Waals surface area contributed by atoms with Gasteiger partial charge in [0.1, 0.15) is 5.75 Å². The quantitative estimate of drug-likeness (QED) is 0.815. The first-order chi connectivity index (χ1) is 10.1. The Labute approximate surface area is 130 Å². The highest BCUT2D eigenvalue weighted by Gasteiger charge is 2.17. The van der Waals surface area contributed by atoms with Crippen LogP contribution in [0.1, 0.15) is 13.3 Å². The van der Waals surface area contributed by atoms with Crippen LogP contribution in [0.25, 0.3) is 0 Å². The first kappa shape index (κ1) is 16.0. The summed E-state index contributed by atoms with van der Waals surface area (Å²) in [6, 6.07) is 5.23. The maximum Gasteiger partial charge on any atom is 0.225 e. The Morgan fingerprint density at radius 3 is 3.10 bits per heavy atom. The van der Waals surface area contributed by atoms with Crippen LogP contribution in [-0.4, -0.2) is 48.6 Å². The SMILES string of the molecule is COc1cc(N)ccc1NC(=O)CCN1CCSC(C)C1. The van der Waals surface area contributed by atoms with Gasteiger partial charge < -0.3 is 20.7 Å². The number of hydrogen-bond acceptors (Lipinski definition) is 5. The second-order valence-electron chi connectivity index (χ2n) is 5.24. The number of benzene rings is 1. The van der Waals surface area contributed by atoms with Crippen molar-refractivity contribution in [3.63, 3.8) is 0 Å². The van der Waals surface area contributed by atoms with Crippen LogP contribution in [0.3, 0.4) is 0 Å². The van der Waals surface area contributed by atoms with Gasteiger partial charge in [0.25, 0.3) is 0 Å². The van der Waals surface area contributed by atoms with Gasteiger partial charge in [-0.05, 0) is 12.1 Å². The van der Waals surface area contributed by atoms with Gasteiger partial charge in [0.2, 0.25) is 5.91 Å². The van der Waals surface area contributed by atoms with Crippen LogP contribution in [0.2, 0.25) is 0 Å². The van der Waals surface area contributed by atoms with Crippen molar-refractivity contribution in [2.75, 3.05) is 43.5 Å². The number of ether oxygens (including phenoxy) is 1. The number of anilines is 2. The van der Waals surface area contributed by atoms with Crippen molar-refractivity contribution in [2.24, 2.45) is 0 Å². The normalized spacial score (nSPS) is 19.2. The smallest absolute Gasteiger partial charge is 0.225 e. The molecular formula is C15H23N3O2S.